The van der Waals surface area contributed by atoms with E-state index in [9.17, 15) is 13.2 Å². The average Bonchev–Trinajstić information content (AvgIpc) is 2.28. The Kier molecular flexibility index (Phi) is 4.81. The van der Waals surface area contributed by atoms with Crippen LogP contribution < -0.4 is 4.72 Å². The van der Waals surface area contributed by atoms with E-state index in [4.69, 9.17) is 5.11 Å². The summed E-state index contributed by atoms with van der Waals surface area (Å²) in [7, 11) is -3.47. The standard InChI is InChI=1S/C14H21NO4S/c1-10-5-6-11(9-12(10)13(16)17)15-20(18,19)8-7-14(2,3)4/h5-6,9,15H,7-8H2,1-4H3,(H,16,17). The molecule has 1 rings (SSSR count). The third-order valence-electron chi connectivity index (χ3n) is 2.86. The Labute approximate surface area is 120 Å². The molecule has 0 bridgehead atoms. The third kappa shape index (κ3) is 5.21. The van der Waals surface area contributed by atoms with Crippen molar-refractivity contribution in [2.75, 3.05) is 10.5 Å². The van der Waals surface area contributed by atoms with E-state index in [0.717, 1.165) is 0 Å². The maximum absolute atomic E-state index is 12.0. The van der Waals surface area contributed by atoms with Gasteiger partial charge in [-0.2, -0.15) is 0 Å². The first-order valence-electron chi connectivity index (χ1n) is 6.35. The van der Waals surface area contributed by atoms with Crippen molar-refractivity contribution in [2.45, 2.75) is 34.1 Å². The lowest BCUT2D eigenvalue weighted by atomic mass is 9.94. The van der Waals surface area contributed by atoms with E-state index in [1.54, 1.807) is 19.1 Å². The van der Waals surface area contributed by atoms with Crippen molar-refractivity contribution < 1.29 is 18.3 Å². The van der Waals surface area contributed by atoms with Crippen LogP contribution in [0.25, 0.3) is 0 Å². The van der Waals surface area contributed by atoms with E-state index < -0.39 is 16.0 Å². The third-order valence-corrected chi connectivity index (χ3v) is 4.15. The van der Waals surface area contributed by atoms with Crippen molar-refractivity contribution in [3.63, 3.8) is 0 Å². The lowest BCUT2D eigenvalue weighted by molar-refractivity contribution is 0.0696. The summed E-state index contributed by atoms with van der Waals surface area (Å²) in [6, 6.07) is 4.49. The SMILES string of the molecule is Cc1ccc(NS(=O)(=O)CCC(C)(C)C)cc1C(=O)O. The van der Waals surface area contributed by atoms with Crippen molar-refractivity contribution in [3.8, 4) is 0 Å². The number of sulfonamides is 1. The highest BCUT2D eigenvalue weighted by molar-refractivity contribution is 7.92. The molecule has 112 valence electrons. The van der Waals surface area contributed by atoms with E-state index >= 15 is 0 Å². The molecule has 0 unspecified atom stereocenters. The maximum atomic E-state index is 12.0. The van der Waals surface area contributed by atoms with Gasteiger partial charge in [-0.05, 0) is 36.5 Å². The molecule has 0 saturated heterocycles. The fourth-order valence-corrected chi connectivity index (χ4v) is 3.06. The van der Waals surface area contributed by atoms with Crippen LogP contribution in [0.4, 0.5) is 5.69 Å². The van der Waals surface area contributed by atoms with Gasteiger partial charge in [0.2, 0.25) is 10.0 Å². The van der Waals surface area contributed by atoms with Gasteiger partial charge in [0.05, 0.1) is 11.3 Å². The van der Waals surface area contributed by atoms with E-state index in [0.29, 0.717) is 12.0 Å². The van der Waals surface area contributed by atoms with Gasteiger partial charge in [-0.15, -0.1) is 0 Å². The molecule has 1 aromatic rings. The summed E-state index contributed by atoms with van der Waals surface area (Å²) in [4.78, 5) is 11.0. The van der Waals surface area contributed by atoms with Crippen molar-refractivity contribution in [1.29, 1.82) is 0 Å². The highest BCUT2D eigenvalue weighted by atomic mass is 32.2. The lowest BCUT2D eigenvalue weighted by Crippen LogP contribution is -2.21. The second-order valence-electron chi connectivity index (χ2n) is 6.07. The first kappa shape index (κ1) is 16.5. The van der Waals surface area contributed by atoms with Gasteiger partial charge < -0.3 is 5.11 Å². The molecule has 0 aromatic heterocycles. The number of aryl methyl sites for hydroxylation is 1. The van der Waals surface area contributed by atoms with Crippen molar-refractivity contribution in [1.82, 2.24) is 0 Å². The van der Waals surface area contributed by atoms with Crippen LogP contribution >= 0.6 is 0 Å². The predicted molar refractivity (Wildman–Crippen MR) is 79.6 cm³/mol. The van der Waals surface area contributed by atoms with Gasteiger partial charge >= 0.3 is 5.97 Å². The van der Waals surface area contributed by atoms with Crippen molar-refractivity contribution >= 4 is 21.7 Å². The molecule has 0 amide bonds. The van der Waals surface area contributed by atoms with Crippen LogP contribution in [0.5, 0.6) is 0 Å². The summed E-state index contributed by atoms with van der Waals surface area (Å²) in [5, 5.41) is 9.02. The molecule has 0 fully saturated rings. The molecule has 0 spiro atoms. The molecule has 1 aromatic carbocycles. The molecule has 0 heterocycles. The molecule has 0 aliphatic heterocycles. The van der Waals surface area contributed by atoms with Crippen molar-refractivity contribution in [2.24, 2.45) is 5.41 Å². The fraction of sp³-hybridized carbons (Fsp3) is 0.500. The van der Waals surface area contributed by atoms with Crippen molar-refractivity contribution in [3.05, 3.63) is 29.3 Å². The molecule has 5 nitrogen and oxygen atoms in total. The minimum Gasteiger partial charge on any atom is -0.478 e. The Balaban J connectivity index is 2.88. The molecule has 2 N–H and O–H groups in total. The van der Waals surface area contributed by atoms with Crippen LogP contribution in [-0.2, 0) is 10.0 Å². The first-order chi connectivity index (χ1) is 9.00. The molecule has 0 aliphatic carbocycles. The largest absolute Gasteiger partial charge is 0.478 e. The van der Waals surface area contributed by atoms with E-state index in [1.807, 2.05) is 20.8 Å². The van der Waals surface area contributed by atoms with Gasteiger partial charge in [0, 0.05) is 5.69 Å². The number of carboxylic acids is 1. The zero-order valence-electron chi connectivity index (χ0n) is 12.2. The minimum absolute atomic E-state index is 0.00673. The van der Waals surface area contributed by atoms with Crippen LogP contribution in [0, 0.1) is 12.3 Å². The van der Waals surface area contributed by atoms with Gasteiger partial charge in [-0.1, -0.05) is 26.8 Å². The zero-order chi connectivity index (χ0) is 15.6. The number of nitrogens with one attached hydrogen (secondary N) is 1. The second kappa shape index (κ2) is 5.83. The Morgan fingerprint density at radius 3 is 2.40 bits per heavy atom. The summed E-state index contributed by atoms with van der Waals surface area (Å²) < 4.78 is 26.3. The molecule has 0 aliphatic rings. The Bertz CT molecular complexity index is 600. The number of hydrogen-bond acceptors (Lipinski definition) is 3. The van der Waals surface area contributed by atoms with E-state index in [-0.39, 0.29) is 22.4 Å². The molecular weight excluding hydrogens is 278 g/mol. The number of rotatable bonds is 5. The minimum atomic E-state index is -3.47. The number of carboxylic acid groups (broad SMARTS) is 1. The highest BCUT2D eigenvalue weighted by Gasteiger charge is 2.18. The van der Waals surface area contributed by atoms with Crippen LogP contribution in [-0.4, -0.2) is 25.2 Å². The fourth-order valence-electron chi connectivity index (χ4n) is 1.59. The molecule has 20 heavy (non-hydrogen) atoms. The van der Waals surface area contributed by atoms with Gasteiger partial charge in [-0.25, -0.2) is 13.2 Å². The highest BCUT2D eigenvalue weighted by Crippen LogP contribution is 2.21. The summed E-state index contributed by atoms with van der Waals surface area (Å²) >= 11 is 0. The van der Waals surface area contributed by atoms with Gasteiger partial charge in [0.15, 0.2) is 0 Å². The summed E-state index contributed by atoms with van der Waals surface area (Å²) in [6.07, 6.45) is 0.528. The van der Waals surface area contributed by atoms with Gasteiger partial charge in [0.25, 0.3) is 0 Å². The number of anilines is 1. The summed E-state index contributed by atoms with van der Waals surface area (Å²) in [6.45, 7) is 7.58. The Morgan fingerprint density at radius 2 is 1.90 bits per heavy atom. The number of aromatic carboxylic acids is 1. The first-order valence-corrected chi connectivity index (χ1v) is 8.00. The van der Waals surface area contributed by atoms with E-state index in [1.165, 1.54) is 6.07 Å². The number of carbonyl (C=O) groups is 1. The quantitative estimate of drug-likeness (QED) is 0.875. The predicted octanol–water partition coefficient (Wildman–Crippen LogP) is 2.87. The second-order valence-corrected chi connectivity index (χ2v) is 7.91. The van der Waals surface area contributed by atoms with E-state index in [2.05, 4.69) is 4.72 Å². The molecule has 0 radical (unpaired) electrons. The van der Waals surface area contributed by atoms with Crippen LogP contribution in [0.2, 0.25) is 0 Å². The maximum Gasteiger partial charge on any atom is 0.336 e. The molecule has 0 atom stereocenters. The summed E-state index contributed by atoms with van der Waals surface area (Å²) in [5.41, 5.74) is 0.895. The van der Waals surface area contributed by atoms with Crippen LogP contribution in [0.1, 0.15) is 43.1 Å². The molecular formula is C14H21NO4S. The normalized spacial score (nSPS) is 12.2. The van der Waals surface area contributed by atoms with Gasteiger partial charge in [-0.3, -0.25) is 4.72 Å². The topological polar surface area (TPSA) is 83.5 Å². The molecule has 0 saturated carbocycles. The summed E-state index contributed by atoms with van der Waals surface area (Å²) in [5.74, 6) is -1.06. The Hall–Kier alpha value is -1.56. The monoisotopic (exact) mass is 299 g/mol. The average molecular weight is 299 g/mol. The van der Waals surface area contributed by atoms with Crippen LogP contribution in [0.15, 0.2) is 18.2 Å². The molecule has 6 heteroatoms. The Morgan fingerprint density at radius 1 is 1.30 bits per heavy atom. The van der Waals surface area contributed by atoms with Gasteiger partial charge in [0.1, 0.15) is 0 Å². The number of hydrogen-bond donors (Lipinski definition) is 2. The zero-order valence-corrected chi connectivity index (χ0v) is 13.0. The van der Waals surface area contributed by atoms with Crippen LogP contribution in [0.3, 0.4) is 0 Å². The number of benzene rings is 1. The lowest BCUT2D eigenvalue weighted by Gasteiger charge is -2.18. The smallest absolute Gasteiger partial charge is 0.336 e.